The molecule has 3 heteroatoms. The standard InChI is InChI=1S/C6H11O2P/c7-6-8-9-4-2-1-3-5-9/h6H,1-5H2. The van der Waals surface area contributed by atoms with E-state index in [1.54, 1.807) is 0 Å². The Morgan fingerprint density at radius 1 is 1.22 bits per heavy atom. The minimum absolute atomic E-state index is 0.340. The van der Waals surface area contributed by atoms with Crippen LogP contribution in [0.15, 0.2) is 0 Å². The molecule has 0 spiro atoms. The van der Waals surface area contributed by atoms with Crippen molar-refractivity contribution in [2.75, 3.05) is 12.3 Å². The van der Waals surface area contributed by atoms with E-state index in [4.69, 9.17) is 4.52 Å². The van der Waals surface area contributed by atoms with Crippen molar-refractivity contribution in [3.05, 3.63) is 0 Å². The molecule has 1 saturated heterocycles. The highest BCUT2D eigenvalue weighted by atomic mass is 31.1. The lowest BCUT2D eigenvalue weighted by Crippen LogP contribution is -2.00. The predicted molar refractivity (Wildman–Crippen MR) is 37.7 cm³/mol. The maximum Gasteiger partial charge on any atom is 0.295 e. The molecule has 1 aliphatic heterocycles. The summed E-state index contributed by atoms with van der Waals surface area (Å²) in [6, 6.07) is 0. The van der Waals surface area contributed by atoms with E-state index in [9.17, 15) is 4.79 Å². The molecule has 0 radical (unpaired) electrons. The second kappa shape index (κ2) is 3.84. The molecular formula is C6H11O2P. The van der Waals surface area contributed by atoms with Crippen molar-refractivity contribution in [1.29, 1.82) is 0 Å². The molecule has 0 saturated carbocycles. The van der Waals surface area contributed by atoms with E-state index in [1.165, 1.54) is 19.3 Å². The first-order valence-corrected chi connectivity index (χ1v) is 4.92. The van der Waals surface area contributed by atoms with Gasteiger partial charge in [0.2, 0.25) is 0 Å². The second-order valence-corrected chi connectivity index (χ2v) is 4.26. The van der Waals surface area contributed by atoms with Crippen LogP contribution in [0, 0.1) is 0 Å². The summed E-state index contributed by atoms with van der Waals surface area (Å²) in [5.74, 6) is 0. The van der Waals surface area contributed by atoms with Gasteiger partial charge in [0, 0.05) is 12.3 Å². The Morgan fingerprint density at radius 2 is 1.89 bits per heavy atom. The summed E-state index contributed by atoms with van der Waals surface area (Å²) in [6.45, 7) is 0.594. The topological polar surface area (TPSA) is 26.3 Å². The molecule has 9 heavy (non-hydrogen) atoms. The highest BCUT2D eigenvalue weighted by Gasteiger charge is 2.13. The summed E-state index contributed by atoms with van der Waals surface area (Å²) in [6.07, 6.45) is 6.09. The molecule has 0 unspecified atom stereocenters. The molecule has 2 nitrogen and oxygen atoms in total. The number of carbonyl (C=O) groups excluding carboxylic acids is 1. The lowest BCUT2D eigenvalue weighted by molar-refractivity contribution is -0.120. The zero-order chi connectivity index (χ0) is 6.53. The Hall–Kier alpha value is -0.100. The molecule has 1 aliphatic rings. The van der Waals surface area contributed by atoms with Crippen molar-refractivity contribution in [2.45, 2.75) is 19.3 Å². The molecule has 0 aromatic rings. The zero-order valence-electron chi connectivity index (χ0n) is 5.38. The van der Waals surface area contributed by atoms with Crippen LogP contribution in [-0.2, 0) is 9.32 Å². The molecule has 1 fully saturated rings. The van der Waals surface area contributed by atoms with E-state index in [-0.39, 0.29) is 8.15 Å². The molecule has 0 atom stereocenters. The quantitative estimate of drug-likeness (QED) is 0.438. The van der Waals surface area contributed by atoms with Gasteiger partial charge in [-0.2, -0.15) is 0 Å². The monoisotopic (exact) mass is 146 g/mol. The fourth-order valence-electron chi connectivity index (χ4n) is 1.03. The Kier molecular flexibility index (Phi) is 2.99. The minimum atomic E-state index is -0.340. The molecule has 52 valence electrons. The zero-order valence-corrected chi connectivity index (χ0v) is 6.27. The van der Waals surface area contributed by atoms with Gasteiger partial charge >= 0.3 is 0 Å². The average molecular weight is 146 g/mol. The summed E-state index contributed by atoms with van der Waals surface area (Å²) in [4.78, 5) is 9.87. The summed E-state index contributed by atoms with van der Waals surface area (Å²) in [5, 5.41) is 0. The van der Waals surface area contributed by atoms with Crippen LogP contribution in [0.25, 0.3) is 0 Å². The van der Waals surface area contributed by atoms with E-state index in [1.807, 2.05) is 0 Å². The number of rotatable bonds is 2. The maximum absolute atomic E-state index is 9.87. The fraction of sp³-hybridized carbons (Fsp3) is 0.833. The SMILES string of the molecule is O=COP1CCCCC1. The Labute approximate surface area is 56.4 Å². The Bertz CT molecular complexity index is 89.1. The van der Waals surface area contributed by atoms with Crippen LogP contribution >= 0.6 is 8.15 Å². The third-order valence-corrected chi connectivity index (χ3v) is 3.52. The molecular weight excluding hydrogens is 135 g/mol. The molecule has 0 aromatic heterocycles. The van der Waals surface area contributed by atoms with Gasteiger partial charge in [0.25, 0.3) is 6.47 Å². The Balaban J connectivity index is 2.15. The number of hydrogen-bond acceptors (Lipinski definition) is 2. The minimum Gasteiger partial charge on any atom is -0.447 e. The van der Waals surface area contributed by atoms with Gasteiger partial charge in [-0.3, -0.25) is 4.79 Å². The summed E-state index contributed by atoms with van der Waals surface area (Å²) in [5.41, 5.74) is 0. The van der Waals surface area contributed by atoms with E-state index < -0.39 is 0 Å². The van der Waals surface area contributed by atoms with Crippen molar-refractivity contribution >= 4 is 14.6 Å². The van der Waals surface area contributed by atoms with Gasteiger partial charge in [-0.1, -0.05) is 6.42 Å². The van der Waals surface area contributed by atoms with Crippen LogP contribution in [0.3, 0.4) is 0 Å². The molecule has 0 N–H and O–H groups in total. The lowest BCUT2D eigenvalue weighted by Gasteiger charge is -2.18. The van der Waals surface area contributed by atoms with Crippen molar-refractivity contribution < 1.29 is 9.32 Å². The first-order chi connectivity index (χ1) is 4.43. The maximum atomic E-state index is 9.87. The average Bonchev–Trinajstić information content (AvgIpc) is 1.91. The first kappa shape index (κ1) is 7.01. The van der Waals surface area contributed by atoms with E-state index in [0.29, 0.717) is 6.47 Å². The molecule has 0 aliphatic carbocycles. The van der Waals surface area contributed by atoms with Crippen LogP contribution in [0.5, 0.6) is 0 Å². The highest BCUT2D eigenvalue weighted by Crippen LogP contribution is 2.41. The van der Waals surface area contributed by atoms with Crippen molar-refractivity contribution in [1.82, 2.24) is 0 Å². The molecule has 0 aromatic carbocycles. The second-order valence-electron chi connectivity index (χ2n) is 2.19. The summed E-state index contributed by atoms with van der Waals surface area (Å²) in [7, 11) is -0.340. The van der Waals surface area contributed by atoms with Crippen LogP contribution in [0.2, 0.25) is 0 Å². The van der Waals surface area contributed by atoms with Crippen molar-refractivity contribution in [3.8, 4) is 0 Å². The number of carbonyl (C=O) groups is 1. The van der Waals surface area contributed by atoms with Gasteiger partial charge in [0.1, 0.15) is 0 Å². The van der Waals surface area contributed by atoms with Gasteiger partial charge in [0.05, 0.1) is 8.15 Å². The molecule has 1 heterocycles. The van der Waals surface area contributed by atoms with Crippen LogP contribution in [-0.4, -0.2) is 18.8 Å². The van der Waals surface area contributed by atoms with Gasteiger partial charge in [-0.15, -0.1) is 0 Å². The summed E-state index contributed by atoms with van der Waals surface area (Å²) >= 11 is 0. The smallest absolute Gasteiger partial charge is 0.295 e. The van der Waals surface area contributed by atoms with Gasteiger partial charge in [-0.25, -0.2) is 0 Å². The van der Waals surface area contributed by atoms with Gasteiger partial charge < -0.3 is 4.52 Å². The first-order valence-electron chi connectivity index (χ1n) is 3.29. The van der Waals surface area contributed by atoms with Crippen molar-refractivity contribution in [2.24, 2.45) is 0 Å². The molecule has 0 bridgehead atoms. The van der Waals surface area contributed by atoms with E-state index in [0.717, 1.165) is 12.3 Å². The van der Waals surface area contributed by atoms with E-state index in [2.05, 4.69) is 0 Å². The van der Waals surface area contributed by atoms with Crippen LogP contribution in [0.1, 0.15) is 19.3 Å². The largest absolute Gasteiger partial charge is 0.447 e. The normalized spacial score (nSPS) is 21.3. The summed E-state index contributed by atoms with van der Waals surface area (Å²) < 4.78 is 4.87. The Morgan fingerprint density at radius 3 is 2.44 bits per heavy atom. The third-order valence-electron chi connectivity index (χ3n) is 1.51. The van der Waals surface area contributed by atoms with Gasteiger partial charge in [-0.05, 0) is 12.8 Å². The lowest BCUT2D eigenvalue weighted by atomic mass is 10.3. The van der Waals surface area contributed by atoms with Gasteiger partial charge in [0.15, 0.2) is 0 Å². The number of hydrogen-bond donors (Lipinski definition) is 0. The molecule has 0 amide bonds. The van der Waals surface area contributed by atoms with Crippen LogP contribution < -0.4 is 0 Å². The van der Waals surface area contributed by atoms with Crippen molar-refractivity contribution in [3.63, 3.8) is 0 Å². The van der Waals surface area contributed by atoms with Crippen LogP contribution in [0.4, 0.5) is 0 Å². The predicted octanol–water partition coefficient (Wildman–Crippen LogP) is 1.74. The highest BCUT2D eigenvalue weighted by molar-refractivity contribution is 7.53. The molecule has 1 rings (SSSR count). The fourth-order valence-corrected chi connectivity index (χ4v) is 2.74. The third kappa shape index (κ3) is 2.31. The van der Waals surface area contributed by atoms with E-state index >= 15 is 0 Å².